The van der Waals surface area contributed by atoms with Crippen LogP contribution in [-0.4, -0.2) is 61.9 Å². The third kappa shape index (κ3) is 5.70. The molecule has 1 amide bonds. The van der Waals surface area contributed by atoms with Crippen molar-refractivity contribution < 1.29 is 22.7 Å². The van der Waals surface area contributed by atoms with E-state index < -0.39 is 15.4 Å². The lowest BCUT2D eigenvalue weighted by molar-refractivity contribution is -0.132. The molecule has 202 valence electrons. The second-order valence-electron chi connectivity index (χ2n) is 11.0. The van der Waals surface area contributed by atoms with Gasteiger partial charge in [0.05, 0.1) is 25.4 Å². The molecular weight excluding hydrogens is 508 g/mol. The Balaban J connectivity index is 1.57. The first-order valence-electron chi connectivity index (χ1n) is 12.9. The van der Waals surface area contributed by atoms with Crippen molar-refractivity contribution >= 4 is 33.1 Å². The van der Waals surface area contributed by atoms with Gasteiger partial charge in [-0.15, -0.1) is 11.3 Å². The predicted octanol–water partition coefficient (Wildman–Crippen LogP) is 4.26. The van der Waals surface area contributed by atoms with Crippen molar-refractivity contribution in [3.63, 3.8) is 0 Å². The molecule has 1 heterocycles. The number of carbonyl (C=O) groups is 2. The maximum Gasteiger partial charge on any atom is 0.238 e. The molecule has 0 saturated heterocycles. The molecule has 37 heavy (non-hydrogen) atoms. The predicted molar refractivity (Wildman–Crippen MR) is 146 cm³/mol. The Hall–Kier alpha value is -2.07. The van der Waals surface area contributed by atoms with Crippen molar-refractivity contribution in [3.8, 4) is 0 Å². The van der Waals surface area contributed by atoms with E-state index in [9.17, 15) is 18.0 Å². The Morgan fingerprint density at radius 3 is 2.43 bits per heavy atom. The third-order valence-electron chi connectivity index (χ3n) is 8.53. The maximum absolute atomic E-state index is 13.8. The second kappa shape index (κ2) is 11.0. The number of amides is 1. The zero-order chi connectivity index (χ0) is 26.8. The van der Waals surface area contributed by atoms with Crippen LogP contribution in [0, 0.1) is 23.7 Å². The minimum Gasteiger partial charge on any atom is -0.383 e. The zero-order valence-corrected chi connectivity index (χ0v) is 23.9. The highest BCUT2D eigenvalue weighted by atomic mass is 32.2. The third-order valence-corrected chi connectivity index (χ3v) is 11.5. The monoisotopic (exact) mass is 546 g/mol. The van der Waals surface area contributed by atoms with Gasteiger partial charge in [-0.3, -0.25) is 9.59 Å². The summed E-state index contributed by atoms with van der Waals surface area (Å²) in [5.41, 5.74) is -0.280. The molecule has 0 aliphatic heterocycles. The number of Topliss-reactive ketones (excluding diaryl/α,β-unsaturated/α-hetero) is 1. The summed E-state index contributed by atoms with van der Waals surface area (Å²) < 4.78 is 34.1. The Morgan fingerprint density at radius 1 is 1.14 bits per heavy atom. The molecule has 2 aromatic rings. The van der Waals surface area contributed by atoms with E-state index in [-0.39, 0.29) is 48.5 Å². The van der Waals surface area contributed by atoms with Crippen LogP contribution in [0.5, 0.6) is 0 Å². The first-order chi connectivity index (χ1) is 17.5. The van der Waals surface area contributed by atoms with Crippen molar-refractivity contribution in [2.75, 3.05) is 32.6 Å². The molecular formula is C28H38N2O5S2. The van der Waals surface area contributed by atoms with Crippen LogP contribution in [0.15, 0.2) is 42.5 Å². The van der Waals surface area contributed by atoms with Crippen molar-refractivity contribution in [2.45, 2.75) is 53.1 Å². The number of methoxy groups -OCH3 is 1. The van der Waals surface area contributed by atoms with Gasteiger partial charge in [-0.25, -0.2) is 8.42 Å². The fourth-order valence-electron chi connectivity index (χ4n) is 6.07. The first-order valence-corrected chi connectivity index (χ1v) is 15.3. The van der Waals surface area contributed by atoms with Gasteiger partial charge in [-0.1, -0.05) is 44.2 Å². The van der Waals surface area contributed by atoms with E-state index in [1.165, 1.54) is 11.4 Å². The number of benzene rings is 1. The molecule has 7 nitrogen and oxygen atoms in total. The van der Waals surface area contributed by atoms with Gasteiger partial charge in [0.25, 0.3) is 0 Å². The van der Waals surface area contributed by atoms with Gasteiger partial charge in [0, 0.05) is 41.8 Å². The van der Waals surface area contributed by atoms with Gasteiger partial charge in [-0.05, 0) is 48.8 Å². The van der Waals surface area contributed by atoms with E-state index >= 15 is 0 Å². The topological polar surface area (TPSA) is 84.0 Å². The quantitative estimate of drug-likeness (QED) is 0.397. The molecule has 9 heteroatoms. The molecule has 2 saturated carbocycles. The number of ketones is 1. The van der Waals surface area contributed by atoms with Crippen LogP contribution in [0.4, 0.5) is 0 Å². The number of thiophene rings is 1. The largest absolute Gasteiger partial charge is 0.383 e. The Kier molecular flexibility index (Phi) is 8.28. The maximum atomic E-state index is 13.8. The first kappa shape index (κ1) is 28.0. The number of hydrogen-bond donors (Lipinski definition) is 0. The van der Waals surface area contributed by atoms with Crippen molar-refractivity contribution in [3.05, 3.63) is 57.8 Å². The average molecular weight is 547 g/mol. The van der Waals surface area contributed by atoms with Gasteiger partial charge < -0.3 is 9.64 Å². The van der Waals surface area contributed by atoms with Gasteiger partial charge >= 0.3 is 0 Å². The van der Waals surface area contributed by atoms with Crippen LogP contribution in [0.25, 0.3) is 0 Å². The molecule has 2 bridgehead atoms. The lowest BCUT2D eigenvalue weighted by atomic mass is 9.70. The van der Waals surface area contributed by atoms with Crippen LogP contribution in [0.1, 0.15) is 48.4 Å². The number of carbonyl (C=O) groups excluding carboxylic acids is 2. The summed E-state index contributed by atoms with van der Waals surface area (Å²) in [6, 6.07) is 13.7. The molecule has 2 aliphatic rings. The molecule has 0 N–H and O–H groups in total. The van der Waals surface area contributed by atoms with E-state index in [4.69, 9.17) is 4.74 Å². The molecule has 2 aliphatic carbocycles. The summed E-state index contributed by atoms with van der Waals surface area (Å²) in [6.07, 6.45) is 1.91. The number of ether oxygens (including phenoxy) is 1. The summed E-state index contributed by atoms with van der Waals surface area (Å²) in [7, 11) is -2.40. The van der Waals surface area contributed by atoms with Gasteiger partial charge in [0.1, 0.15) is 5.78 Å². The van der Waals surface area contributed by atoms with Crippen LogP contribution in [0.2, 0.25) is 0 Å². The Morgan fingerprint density at radius 2 is 1.86 bits per heavy atom. The molecule has 0 spiro atoms. The molecule has 1 aromatic heterocycles. The summed E-state index contributed by atoms with van der Waals surface area (Å²) in [5.74, 6) is -0.246. The lowest BCUT2D eigenvalue weighted by Crippen LogP contribution is -2.49. The minimum atomic E-state index is -3.91. The average Bonchev–Trinajstić information content (AvgIpc) is 3.42. The summed E-state index contributed by atoms with van der Waals surface area (Å²) in [5, 5.41) is 0. The van der Waals surface area contributed by atoms with Crippen LogP contribution >= 0.6 is 11.3 Å². The Labute approximate surface area is 224 Å². The van der Waals surface area contributed by atoms with Crippen LogP contribution in [-0.2, 0) is 37.4 Å². The summed E-state index contributed by atoms with van der Waals surface area (Å²) in [4.78, 5) is 30.6. The number of aryl methyl sites for hydroxylation is 1. The van der Waals surface area contributed by atoms with Crippen LogP contribution in [0.3, 0.4) is 0 Å². The molecule has 0 radical (unpaired) electrons. The summed E-state index contributed by atoms with van der Waals surface area (Å²) in [6.45, 7) is 6.82. The number of fused-ring (bicyclic) bond motifs is 2. The lowest BCUT2D eigenvalue weighted by Gasteiger charge is -2.37. The van der Waals surface area contributed by atoms with Gasteiger partial charge in [0.2, 0.25) is 15.9 Å². The SMILES string of the molecule is COCCN(CC(=O)N(Cc1ccccc1)Cc1ccc(C)s1)S(=O)(=O)CC12CCC(CC1=O)C2(C)C. The van der Waals surface area contributed by atoms with Crippen molar-refractivity contribution in [1.82, 2.24) is 9.21 Å². The van der Waals surface area contributed by atoms with Crippen molar-refractivity contribution in [1.29, 1.82) is 0 Å². The molecule has 2 unspecified atom stereocenters. The van der Waals surface area contributed by atoms with Crippen LogP contribution < -0.4 is 0 Å². The normalized spacial score (nSPS) is 22.6. The fraction of sp³-hybridized carbons (Fsp3) is 0.571. The van der Waals surface area contributed by atoms with E-state index in [0.29, 0.717) is 25.9 Å². The highest BCUT2D eigenvalue weighted by Gasteiger charge is 2.65. The molecule has 2 fully saturated rings. The minimum absolute atomic E-state index is 0.0501. The molecule has 1 aromatic carbocycles. The number of sulfonamides is 1. The highest BCUT2D eigenvalue weighted by Crippen LogP contribution is 2.64. The van der Waals surface area contributed by atoms with Gasteiger partial charge in [-0.2, -0.15) is 4.31 Å². The standard InChI is InChI=1S/C28H38N2O5S2/c1-21-10-11-24(36-21)18-29(17-22-8-6-5-7-9-22)26(32)19-30(14-15-35-4)37(33,34)20-28-13-12-23(16-25(28)31)27(28,2)3/h5-11,23H,12-20H2,1-4H3. The van der Waals surface area contributed by atoms with Gasteiger partial charge in [0.15, 0.2) is 0 Å². The van der Waals surface area contributed by atoms with Crippen molar-refractivity contribution in [2.24, 2.45) is 16.7 Å². The van der Waals surface area contributed by atoms with E-state index in [0.717, 1.165) is 21.7 Å². The van der Waals surface area contributed by atoms with E-state index in [2.05, 4.69) is 0 Å². The molecule has 2 atom stereocenters. The summed E-state index contributed by atoms with van der Waals surface area (Å²) >= 11 is 1.63. The highest BCUT2D eigenvalue weighted by molar-refractivity contribution is 7.89. The Bertz CT molecular complexity index is 1220. The molecule has 4 rings (SSSR count). The van der Waals surface area contributed by atoms with E-state index in [1.54, 1.807) is 16.2 Å². The number of hydrogen-bond acceptors (Lipinski definition) is 6. The fourth-order valence-corrected chi connectivity index (χ4v) is 9.11. The zero-order valence-electron chi connectivity index (χ0n) is 22.2. The second-order valence-corrected chi connectivity index (χ2v) is 14.3. The number of nitrogens with zero attached hydrogens (tertiary/aromatic N) is 2. The van der Waals surface area contributed by atoms with E-state index in [1.807, 2.05) is 63.2 Å². The number of rotatable bonds is 12. The smallest absolute Gasteiger partial charge is 0.238 e.